The van der Waals surface area contributed by atoms with Crippen LogP contribution in [-0.4, -0.2) is 89.2 Å². The third-order valence-corrected chi connectivity index (χ3v) is 10.8. The fourth-order valence-electron chi connectivity index (χ4n) is 6.98. The van der Waals surface area contributed by atoms with Crippen molar-refractivity contribution in [3.63, 3.8) is 0 Å². The van der Waals surface area contributed by atoms with Gasteiger partial charge in [0.15, 0.2) is 24.6 Å². The predicted octanol–water partition coefficient (Wildman–Crippen LogP) is 11.4. The summed E-state index contributed by atoms with van der Waals surface area (Å²) in [5, 5.41) is 31.2. The number of allylic oxidation sites excluding steroid dienone is 12. The second-order valence-corrected chi connectivity index (χ2v) is 16.7. The second kappa shape index (κ2) is 41.6. The zero-order valence-corrected chi connectivity index (χ0v) is 40.2. The van der Waals surface area contributed by atoms with Crippen LogP contribution in [0.2, 0.25) is 0 Å². The molecule has 6 unspecified atom stereocenters. The van der Waals surface area contributed by atoms with E-state index in [2.05, 4.69) is 93.7 Å². The molecule has 0 aromatic rings. The van der Waals surface area contributed by atoms with Gasteiger partial charge in [0.05, 0.1) is 6.61 Å². The first kappa shape index (κ1) is 59.2. The molecule has 0 spiro atoms. The number of esters is 3. The highest BCUT2D eigenvalue weighted by molar-refractivity contribution is 5.74. The van der Waals surface area contributed by atoms with Crippen LogP contribution in [0.15, 0.2) is 72.9 Å². The molecule has 0 aromatic carbocycles. The zero-order valence-electron chi connectivity index (χ0n) is 40.2. The number of hydrogen-bond acceptors (Lipinski definition) is 11. The van der Waals surface area contributed by atoms with E-state index in [1.54, 1.807) is 0 Å². The summed E-state index contributed by atoms with van der Waals surface area (Å²) in [6.07, 6.45) is 37.7. The average Bonchev–Trinajstić information content (AvgIpc) is 3.29. The summed E-state index contributed by atoms with van der Waals surface area (Å²) < 4.78 is 28.1. The van der Waals surface area contributed by atoms with Gasteiger partial charge in [0.25, 0.3) is 0 Å². The van der Waals surface area contributed by atoms with Gasteiger partial charge in [-0.1, -0.05) is 158 Å². The number of carbonyl (C=O) groups excluding carboxylic acids is 3. The number of rotatable bonds is 40. The number of aliphatic carboxylic acids is 1. The van der Waals surface area contributed by atoms with E-state index in [4.69, 9.17) is 23.7 Å². The number of hydrogen-bond donors (Lipinski definition) is 3. The summed E-state index contributed by atoms with van der Waals surface area (Å²) in [5.41, 5.74) is 0. The molecule has 6 atom stereocenters. The maximum Gasteiger partial charge on any atom is 0.335 e. The summed E-state index contributed by atoms with van der Waals surface area (Å²) in [6.45, 7) is 5.65. The van der Waals surface area contributed by atoms with Crippen molar-refractivity contribution >= 4 is 23.9 Å². The average molecular weight is 915 g/mol. The monoisotopic (exact) mass is 915 g/mol. The highest BCUT2D eigenvalue weighted by Gasteiger charge is 2.50. The van der Waals surface area contributed by atoms with Crippen molar-refractivity contribution in [3.8, 4) is 0 Å². The lowest BCUT2D eigenvalue weighted by molar-refractivity contribution is -0.301. The minimum Gasteiger partial charge on any atom is -0.479 e. The maximum absolute atomic E-state index is 13.0. The van der Waals surface area contributed by atoms with Gasteiger partial charge in [-0.05, 0) is 83.5 Å². The Morgan fingerprint density at radius 1 is 0.523 bits per heavy atom. The lowest BCUT2D eigenvalue weighted by Crippen LogP contribution is -2.61. The molecule has 0 aliphatic carbocycles. The van der Waals surface area contributed by atoms with Crippen LogP contribution in [-0.2, 0) is 42.9 Å². The molecule has 1 aliphatic heterocycles. The molecule has 0 aromatic heterocycles. The van der Waals surface area contributed by atoms with Crippen LogP contribution in [0.4, 0.5) is 0 Å². The Hall–Kier alpha value is -3.84. The molecule has 12 nitrogen and oxygen atoms in total. The molecule has 1 saturated heterocycles. The van der Waals surface area contributed by atoms with E-state index in [9.17, 15) is 34.5 Å². The first-order chi connectivity index (χ1) is 31.6. The summed E-state index contributed by atoms with van der Waals surface area (Å²) in [4.78, 5) is 50.6. The Morgan fingerprint density at radius 2 is 0.969 bits per heavy atom. The second-order valence-electron chi connectivity index (χ2n) is 16.7. The van der Waals surface area contributed by atoms with E-state index in [1.165, 1.54) is 32.1 Å². The van der Waals surface area contributed by atoms with Crippen LogP contribution in [0, 0.1) is 0 Å². The predicted molar refractivity (Wildman–Crippen MR) is 257 cm³/mol. The third-order valence-electron chi connectivity index (χ3n) is 10.8. The van der Waals surface area contributed by atoms with Crippen molar-refractivity contribution in [2.45, 2.75) is 225 Å². The number of ether oxygens (including phenoxy) is 5. The number of carboxylic acids is 1. The summed E-state index contributed by atoms with van der Waals surface area (Å²) in [7, 11) is 0. The summed E-state index contributed by atoms with van der Waals surface area (Å²) in [5.74, 6) is -3.21. The smallest absolute Gasteiger partial charge is 0.335 e. The highest BCUT2D eigenvalue weighted by Crippen LogP contribution is 2.26. The van der Waals surface area contributed by atoms with Crippen LogP contribution >= 0.6 is 0 Å². The standard InChI is InChI=1S/C53H86O12/c1-4-7-10-13-16-19-21-23-25-28-30-33-36-39-45(54)61-42-44(63-46(55)40-37-34-31-27-18-15-12-9-6-3)43-62-53-51(49(58)48(57)50(65-53)52(59)60)64-47(56)41-38-35-32-29-26-24-22-20-17-14-11-8-5-2/h7-8,10-11,16-17,19-20,23-26,44,48-51,53,57-58H,4-6,9,12-15,18,21-22,27-43H2,1-3H3,(H,59,60)/b10-7-,11-8-,19-16-,20-17-,25-23-,26-24-. The van der Waals surface area contributed by atoms with Gasteiger partial charge < -0.3 is 39.0 Å². The number of carboxylic acid groups (broad SMARTS) is 1. The van der Waals surface area contributed by atoms with Crippen molar-refractivity contribution in [2.75, 3.05) is 13.2 Å². The molecule has 0 radical (unpaired) electrons. The van der Waals surface area contributed by atoms with Gasteiger partial charge in [-0.15, -0.1) is 0 Å². The highest BCUT2D eigenvalue weighted by atomic mass is 16.7. The molecule has 1 rings (SSSR count). The van der Waals surface area contributed by atoms with E-state index >= 15 is 0 Å². The maximum atomic E-state index is 13.0. The van der Waals surface area contributed by atoms with Gasteiger partial charge in [0, 0.05) is 19.3 Å². The molecule has 1 heterocycles. The van der Waals surface area contributed by atoms with Crippen molar-refractivity contribution in [2.24, 2.45) is 0 Å². The number of unbranched alkanes of at least 4 members (excludes halogenated alkanes) is 14. The first-order valence-corrected chi connectivity index (χ1v) is 24.9. The van der Waals surface area contributed by atoms with Gasteiger partial charge in [-0.3, -0.25) is 14.4 Å². The van der Waals surface area contributed by atoms with E-state index in [-0.39, 0.29) is 25.9 Å². The number of aliphatic hydroxyl groups excluding tert-OH is 2. The Bertz CT molecular complexity index is 1410. The van der Waals surface area contributed by atoms with E-state index in [0.29, 0.717) is 19.3 Å². The topological polar surface area (TPSA) is 175 Å². The van der Waals surface area contributed by atoms with Crippen LogP contribution in [0.5, 0.6) is 0 Å². The van der Waals surface area contributed by atoms with E-state index < -0.39 is 67.3 Å². The molecule has 1 fully saturated rings. The van der Waals surface area contributed by atoms with Gasteiger partial charge in [0.2, 0.25) is 0 Å². The first-order valence-electron chi connectivity index (χ1n) is 24.9. The summed E-state index contributed by atoms with van der Waals surface area (Å²) >= 11 is 0. The van der Waals surface area contributed by atoms with Gasteiger partial charge in [-0.25, -0.2) is 4.79 Å². The quantitative estimate of drug-likeness (QED) is 0.0230. The Morgan fingerprint density at radius 3 is 1.48 bits per heavy atom. The molecule has 0 amide bonds. The van der Waals surface area contributed by atoms with Crippen molar-refractivity contribution in [1.82, 2.24) is 0 Å². The molecule has 65 heavy (non-hydrogen) atoms. The number of aliphatic hydroxyl groups is 2. The lowest BCUT2D eigenvalue weighted by Gasteiger charge is -2.40. The zero-order chi connectivity index (χ0) is 47.6. The van der Waals surface area contributed by atoms with Gasteiger partial charge in [0.1, 0.15) is 18.8 Å². The van der Waals surface area contributed by atoms with E-state index in [1.807, 2.05) is 0 Å². The molecule has 1 aliphatic rings. The Labute approximate surface area is 391 Å². The van der Waals surface area contributed by atoms with Crippen LogP contribution in [0.3, 0.4) is 0 Å². The molecule has 370 valence electrons. The molecule has 0 saturated carbocycles. The van der Waals surface area contributed by atoms with Crippen molar-refractivity contribution in [1.29, 1.82) is 0 Å². The fraction of sp³-hybridized carbons (Fsp3) is 0.698. The fourth-order valence-corrected chi connectivity index (χ4v) is 6.98. The third kappa shape index (κ3) is 32.5. The van der Waals surface area contributed by atoms with E-state index in [0.717, 1.165) is 96.3 Å². The summed E-state index contributed by atoms with van der Waals surface area (Å²) in [6, 6.07) is 0. The molecular weight excluding hydrogens is 829 g/mol. The van der Waals surface area contributed by atoms with Gasteiger partial charge in [-0.2, -0.15) is 0 Å². The largest absolute Gasteiger partial charge is 0.479 e. The van der Waals surface area contributed by atoms with Crippen molar-refractivity contribution in [3.05, 3.63) is 72.9 Å². The Kier molecular flexibility index (Phi) is 37.9. The van der Waals surface area contributed by atoms with Gasteiger partial charge >= 0.3 is 23.9 Å². The minimum absolute atomic E-state index is 0.0207. The Balaban J connectivity index is 2.78. The minimum atomic E-state index is -1.92. The normalized spacial score (nSPS) is 19.7. The SMILES string of the molecule is CC/C=C\C/C=C\C/C=C\CCCCCC(=O)OCC(COC1OC(C(=O)O)C(O)C(O)C1OC(=O)CCCCC/C=C\C/C=C\C/C=C\CC)OC(=O)CCCCCCCCCCC. The molecule has 3 N–H and O–H groups in total. The molecule has 0 bridgehead atoms. The number of carbonyl (C=O) groups is 4. The van der Waals surface area contributed by atoms with Crippen LogP contribution in [0.25, 0.3) is 0 Å². The van der Waals surface area contributed by atoms with Crippen LogP contribution < -0.4 is 0 Å². The van der Waals surface area contributed by atoms with Crippen molar-refractivity contribution < 1.29 is 58.2 Å². The molecule has 12 heteroatoms. The molecular formula is C53H86O12. The van der Waals surface area contributed by atoms with Crippen LogP contribution in [0.1, 0.15) is 188 Å². The lowest BCUT2D eigenvalue weighted by atomic mass is 9.98.